The van der Waals surface area contributed by atoms with Crippen molar-refractivity contribution in [2.75, 3.05) is 18.1 Å². The van der Waals surface area contributed by atoms with Crippen molar-refractivity contribution < 1.29 is 19.2 Å². The number of carbonyl (C=O) groups excluding carboxylic acids is 2. The maximum Gasteiger partial charge on any atom is 0.336 e. The molecule has 0 radical (unpaired) electrons. The van der Waals surface area contributed by atoms with Crippen LogP contribution >= 0.6 is 11.8 Å². The minimum atomic E-state index is -1.58. The number of amides is 1. The van der Waals surface area contributed by atoms with Crippen LogP contribution in [0.4, 0.5) is 17.1 Å². The number of non-ortho nitro benzene ring substituents is 1. The number of fused-ring (bicyclic) bond motifs is 2. The predicted octanol–water partition coefficient (Wildman–Crippen LogP) is 4.12. The SMILES string of the molecule is CCOC(=O)C1=CSC(=Nc2ccccc2)C12C(=O)N(CC)c1ccc([N+](=O)[O-])cc12. The fraction of sp³-hybridized carbons (Fsp3) is 0.227. The highest BCUT2D eigenvalue weighted by molar-refractivity contribution is 8.17. The number of para-hydroxylation sites is 1. The Hall–Kier alpha value is -3.46. The van der Waals surface area contributed by atoms with Gasteiger partial charge in [-0.1, -0.05) is 30.0 Å². The highest BCUT2D eigenvalue weighted by Gasteiger charge is 2.61. The minimum absolute atomic E-state index is 0.122. The van der Waals surface area contributed by atoms with Crippen molar-refractivity contribution in [3.05, 3.63) is 75.2 Å². The molecule has 1 unspecified atom stereocenters. The van der Waals surface area contributed by atoms with Crippen molar-refractivity contribution in [1.82, 2.24) is 0 Å². The number of anilines is 1. The molecule has 0 saturated carbocycles. The standard InChI is InChI=1S/C22H19N3O5S/c1-3-24-18-11-10-15(25(28)29)12-16(18)22(21(24)27)17(19(26)30-4-2)13-31-20(22)23-14-8-6-5-7-9-14/h5-13H,3-4H2,1-2H3. The first-order valence-corrected chi connectivity index (χ1v) is 10.6. The lowest BCUT2D eigenvalue weighted by molar-refractivity contribution is -0.384. The normalized spacial score (nSPS) is 20.8. The monoisotopic (exact) mass is 437 g/mol. The molecule has 2 heterocycles. The van der Waals surface area contributed by atoms with Gasteiger partial charge in [0.15, 0.2) is 5.41 Å². The molecular formula is C22H19N3O5S. The molecule has 158 valence electrons. The average molecular weight is 437 g/mol. The van der Waals surface area contributed by atoms with Crippen molar-refractivity contribution in [3.63, 3.8) is 0 Å². The van der Waals surface area contributed by atoms with E-state index in [1.807, 2.05) is 25.1 Å². The van der Waals surface area contributed by atoms with Gasteiger partial charge in [-0.3, -0.25) is 14.9 Å². The highest BCUT2D eigenvalue weighted by Crippen LogP contribution is 2.55. The average Bonchev–Trinajstić information content (AvgIpc) is 3.25. The van der Waals surface area contributed by atoms with Gasteiger partial charge in [-0.2, -0.15) is 0 Å². The second kappa shape index (κ2) is 7.99. The topological polar surface area (TPSA) is 102 Å². The fourth-order valence-electron chi connectivity index (χ4n) is 3.93. The quantitative estimate of drug-likeness (QED) is 0.396. The van der Waals surface area contributed by atoms with Crippen molar-refractivity contribution in [1.29, 1.82) is 0 Å². The summed E-state index contributed by atoms with van der Waals surface area (Å²) >= 11 is 1.16. The molecule has 2 aromatic carbocycles. The van der Waals surface area contributed by atoms with Crippen LogP contribution in [-0.4, -0.2) is 35.0 Å². The molecule has 0 aromatic heterocycles. The van der Waals surface area contributed by atoms with Gasteiger partial charge >= 0.3 is 5.97 Å². The summed E-state index contributed by atoms with van der Waals surface area (Å²) in [5.74, 6) is -1.01. The molecule has 31 heavy (non-hydrogen) atoms. The molecule has 1 amide bonds. The Morgan fingerprint density at radius 1 is 1.23 bits per heavy atom. The van der Waals surface area contributed by atoms with E-state index in [1.165, 1.54) is 17.0 Å². The zero-order valence-corrected chi connectivity index (χ0v) is 17.7. The molecule has 0 aliphatic carbocycles. The zero-order valence-electron chi connectivity index (χ0n) is 16.9. The molecule has 2 aliphatic heterocycles. The van der Waals surface area contributed by atoms with E-state index < -0.39 is 16.3 Å². The summed E-state index contributed by atoms with van der Waals surface area (Å²) in [7, 11) is 0. The predicted molar refractivity (Wildman–Crippen MR) is 119 cm³/mol. The van der Waals surface area contributed by atoms with Crippen LogP contribution in [0.2, 0.25) is 0 Å². The van der Waals surface area contributed by atoms with E-state index in [9.17, 15) is 19.7 Å². The summed E-state index contributed by atoms with van der Waals surface area (Å²) < 4.78 is 5.24. The number of esters is 1. The summed E-state index contributed by atoms with van der Waals surface area (Å²) in [5.41, 5.74) is -0.120. The lowest BCUT2D eigenvalue weighted by atomic mass is 9.76. The Labute approximate surface area is 182 Å². The van der Waals surface area contributed by atoms with Crippen LogP contribution in [-0.2, 0) is 19.7 Å². The van der Waals surface area contributed by atoms with Crippen molar-refractivity contribution in [2.45, 2.75) is 19.3 Å². The van der Waals surface area contributed by atoms with Crippen LogP contribution < -0.4 is 4.90 Å². The number of hydrogen-bond acceptors (Lipinski definition) is 7. The van der Waals surface area contributed by atoms with Crippen LogP contribution in [0.25, 0.3) is 0 Å². The summed E-state index contributed by atoms with van der Waals surface area (Å²) in [4.78, 5) is 43.9. The maximum atomic E-state index is 13.8. The van der Waals surface area contributed by atoms with Crippen molar-refractivity contribution in [3.8, 4) is 0 Å². The molecule has 0 bridgehead atoms. The Kier molecular flexibility index (Phi) is 5.36. The molecule has 2 aromatic rings. The zero-order chi connectivity index (χ0) is 22.2. The third-order valence-electron chi connectivity index (χ3n) is 5.26. The number of nitrogens with zero attached hydrogens (tertiary/aromatic N) is 3. The van der Waals surface area contributed by atoms with E-state index in [-0.39, 0.29) is 23.8 Å². The van der Waals surface area contributed by atoms with E-state index >= 15 is 0 Å². The van der Waals surface area contributed by atoms with E-state index in [0.717, 1.165) is 11.8 Å². The van der Waals surface area contributed by atoms with Gasteiger partial charge in [-0.25, -0.2) is 9.79 Å². The van der Waals surface area contributed by atoms with Gasteiger partial charge in [0.05, 0.1) is 22.8 Å². The van der Waals surface area contributed by atoms with Crippen LogP contribution in [0.15, 0.2) is 64.5 Å². The maximum absolute atomic E-state index is 13.8. The van der Waals surface area contributed by atoms with E-state index in [2.05, 4.69) is 4.99 Å². The largest absolute Gasteiger partial charge is 0.463 e. The number of carbonyl (C=O) groups is 2. The molecule has 0 fully saturated rings. The van der Waals surface area contributed by atoms with Gasteiger partial charge in [0.25, 0.3) is 5.69 Å². The van der Waals surface area contributed by atoms with Crippen LogP contribution in [0, 0.1) is 10.1 Å². The van der Waals surface area contributed by atoms with Crippen molar-refractivity contribution >= 4 is 45.7 Å². The molecular weight excluding hydrogens is 418 g/mol. The second-order valence-corrected chi connectivity index (χ2v) is 7.74. The number of hydrogen-bond donors (Lipinski definition) is 0. The number of rotatable bonds is 5. The fourth-order valence-corrected chi connectivity index (χ4v) is 5.07. The number of benzene rings is 2. The molecule has 4 rings (SSSR count). The number of nitro groups is 1. The molecule has 9 heteroatoms. The van der Waals surface area contributed by atoms with Gasteiger partial charge in [-0.05, 0) is 37.5 Å². The molecule has 2 aliphatic rings. The molecule has 1 spiro atoms. The van der Waals surface area contributed by atoms with E-state index in [1.54, 1.807) is 30.5 Å². The van der Waals surface area contributed by atoms with E-state index in [4.69, 9.17) is 4.74 Å². The molecule has 1 atom stereocenters. The van der Waals surface area contributed by atoms with Crippen LogP contribution in [0.1, 0.15) is 19.4 Å². The number of likely N-dealkylation sites (N-methyl/N-ethyl adjacent to an activating group) is 1. The van der Waals surface area contributed by atoms with Gasteiger partial charge in [0, 0.05) is 29.9 Å². The van der Waals surface area contributed by atoms with Crippen LogP contribution in [0.5, 0.6) is 0 Å². The molecule has 0 N–H and O–H groups in total. The van der Waals surface area contributed by atoms with Gasteiger partial charge in [0.1, 0.15) is 5.04 Å². The van der Waals surface area contributed by atoms with Crippen molar-refractivity contribution in [2.24, 2.45) is 4.99 Å². The summed E-state index contributed by atoms with van der Waals surface area (Å²) in [6.07, 6.45) is 0. The third kappa shape index (κ3) is 3.12. The Morgan fingerprint density at radius 2 is 1.97 bits per heavy atom. The number of aliphatic imine (C=N–C) groups is 1. The second-order valence-electron chi connectivity index (χ2n) is 6.88. The summed E-state index contributed by atoms with van der Waals surface area (Å²) in [6, 6.07) is 13.3. The van der Waals surface area contributed by atoms with Gasteiger partial charge in [-0.15, -0.1) is 0 Å². The molecule has 0 saturated heterocycles. The first kappa shape index (κ1) is 20.8. The van der Waals surface area contributed by atoms with Gasteiger partial charge in [0.2, 0.25) is 5.91 Å². The lowest BCUT2D eigenvalue weighted by Gasteiger charge is -2.26. The molecule has 8 nitrogen and oxygen atoms in total. The van der Waals surface area contributed by atoms with Crippen LogP contribution in [0.3, 0.4) is 0 Å². The Morgan fingerprint density at radius 3 is 2.61 bits per heavy atom. The minimum Gasteiger partial charge on any atom is -0.463 e. The third-order valence-corrected chi connectivity index (χ3v) is 6.24. The summed E-state index contributed by atoms with van der Waals surface area (Å²) in [6.45, 7) is 3.96. The Bertz CT molecular complexity index is 1150. The highest BCUT2D eigenvalue weighted by atomic mass is 32.2. The first-order valence-electron chi connectivity index (χ1n) is 9.74. The number of ether oxygens (including phenoxy) is 1. The lowest BCUT2D eigenvalue weighted by Crippen LogP contribution is -2.46. The summed E-state index contributed by atoms with van der Waals surface area (Å²) in [5, 5.41) is 13.4. The number of nitro benzene ring substituents is 1. The van der Waals surface area contributed by atoms with E-state index in [0.29, 0.717) is 28.5 Å². The van der Waals surface area contributed by atoms with Gasteiger partial charge < -0.3 is 9.64 Å². The Balaban J connectivity index is 2.01. The smallest absolute Gasteiger partial charge is 0.336 e. The first-order chi connectivity index (χ1) is 14.9. The number of thioether (sulfide) groups is 1.